The van der Waals surface area contributed by atoms with Crippen LogP contribution in [-0.4, -0.2) is 52.6 Å². The van der Waals surface area contributed by atoms with Crippen LogP contribution < -0.4 is 10.6 Å². The highest BCUT2D eigenvalue weighted by Crippen LogP contribution is 2.33. The number of alkyl halides is 3. The molecule has 29 heavy (non-hydrogen) atoms. The van der Waals surface area contributed by atoms with Gasteiger partial charge >= 0.3 is 12.2 Å². The summed E-state index contributed by atoms with van der Waals surface area (Å²) in [6.07, 6.45) is 1.41. The van der Waals surface area contributed by atoms with Crippen LogP contribution in [0.15, 0.2) is 24.4 Å². The minimum absolute atomic E-state index is 0.0421. The smallest absolute Gasteiger partial charge is 0.346 e. The normalized spacial score (nSPS) is 17.2. The first-order valence-corrected chi connectivity index (χ1v) is 9.38. The first-order chi connectivity index (χ1) is 13.8. The Morgan fingerprint density at radius 2 is 2.10 bits per heavy atom. The number of aromatic nitrogens is 2. The Morgan fingerprint density at radius 1 is 1.31 bits per heavy atom. The first-order valence-electron chi connectivity index (χ1n) is 9.38. The van der Waals surface area contributed by atoms with E-state index < -0.39 is 18.8 Å². The topological polar surface area (TPSA) is 90.1 Å². The van der Waals surface area contributed by atoms with Crippen LogP contribution in [0.4, 0.5) is 23.8 Å². The summed E-state index contributed by atoms with van der Waals surface area (Å²) in [4.78, 5) is 32.8. The van der Waals surface area contributed by atoms with Crippen molar-refractivity contribution in [2.24, 2.45) is 5.92 Å². The van der Waals surface area contributed by atoms with Gasteiger partial charge in [0.05, 0.1) is 0 Å². The Kier molecular flexibility index (Phi) is 4.93. The van der Waals surface area contributed by atoms with Crippen molar-refractivity contribution in [2.45, 2.75) is 25.4 Å². The van der Waals surface area contributed by atoms with E-state index in [0.717, 1.165) is 29.4 Å². The van der Waals surface area contributed by atoms with Crippen molar-refractivity contribution in [2.75, 3.05) is 25.0 Å². The van der Waals surface area contributed by atoms with E-state index in [4.69, 9.17) is 0 Å². The van der Waals surface area contributed by atoms with Gasteiger partial charge in [-0.3, -0.25) is 4.79 Å². The minimum atomic E-state index is -4.44. The van der Waals surface area contributed by atoms with Gasteiger partial charge in [0.15, 0.2) is 0 Å². The SMILES string of the molecule is O=C(Nc1cc(C2=CCN(C(=O)NCC(F)(F)F)CC2)c2cc[nH]c2n1)C1CC1. The van der Waals surface area contributed by atoms with Crippen molar-refractivity contribution < 1.29 is 22.8 Å². The fourth-order valence-electron chi connectivity index (χ4n) is 3.33. The van der Waals surface area contributed by atoms with E-state index in [1.165, 1.54) is 4.90 Å². The second kappa shape index (κ2) is 7.41. The molecular formula is C19H20F3N5O2. The predicted octanol–water partition coefficient (Wildman–Crippen LogP) is 3.27. The molecule has 0 aromatic carbocycles. The molecule has 0 unspecified atom stereocenters. The molecule has 0 saturated heterocycles. The molecule has 0 atom stereocenters. The number of carbonyl (C=O) groups excluding carboxylic acids is 2. The molecule has 3 amide bonds. The number of pyridine rings is 1. The number of halogens is 3. The maximum Gasteiger partial charge on any atom is 0.405 e. The van der Waals surface area contributed by atoms with E-state index in [-0.39, 0.29) is 18.4 Å². The highest BCUT2D eigenvalue weighted by molar-refractivity contribution is 5.97. The average molecular weight is 407 g/mol. The number of rotatable bonds is 4. The van der Waals surface area contributed by atoms with Crippen LogP contribution in [0.5, 0.6) is 0 Å². The Morgan fingerprint density at radius 3 is 2.76 bits per heavy atom. The fourth-order valence-corrected chi connectivity index (χ4v) is 3.33. The number of hydrogen-bond donors (Lipinski definition) is 3. The van der Waals surface area contributed by atoms with Crippen molar-refractivity contribution in [1.82, 2.24) is 20.2 Å². The quantitative estimate of drug-likeness (QED) is 0.727. The van der Waals surface area contributed by atoms with Gasteiger partial charge in [0, 0.05) is 30.6 Å². The number of amides is 3. The monoisotopic (exact) mass is 407 g/mol. The molecule has 154 valence electrons. The zero-order valence-electron chi connectivity index (χ0n) is 15.5. The average Bonchev–Trinajstić information content (AvgIpc) is 3.43. The van der Waals surface area contributed by atoms with Crippen LogP contribution >= 0.6 is 0 Å². The summed E-state index contributed by atoms with van der Waals surface area (Å²) in [5, 5.41) is 5.62. The van der Waals surface area contributed by atoms with Crippen LogP contribution in [0, 0.1) is 5.92 Å². The molecule has 2 aromatic heterocycles. The number of urea groups is 1. The van der Waals surface area contributed by atoms with Crippen LogP contribution in [0.2, 0.25) is 0 Å². The molecule has 2 aliphatic rings. The number of nitrogens with zero attached hydrogens (tertiary/aromatic N) is 2. The van der Waals surface area contributed by atoms with Gasteiger partial charge < -0.3 is 20.5 Å². The van der Waals surface area contributed by atoms with Crippen LogP contribution in [0.1, 0.15) is 24.8 Å². The lowest BCUT2D eigenvalue weighted by Gasteiger charge is -2.27. The highest BCUT2D eigenvalue weighted by atomic mass is 19.4. The molecule has 1 saturated carbocycles. The molecule has 10 heteroatoms. The number of carbonyl (C=O) groups is 2. The Hall–Kier alpha value is -3.04. The van der Waals surface area contributed by atoms with Crippen LogP contribution in [0.3, 0.4) is 0 Å². The van der Waals surface area contributed by atoms with Crippen LogP contribution in [0.25, 0.3) is 16.6 Å². The first kappa shape index (κ1) is 19.3. The minimum Gasteiger partial charge on any atom is -0.346 e. The van der Waals surface area contributed by atoms with Crippen molar-refractivity contribution >= 4 is 34.4 Å². The Balaban J connectivity index is 1.50. The number of nitrogens with one attached hydrogen (secondary N) is 3. The molecule has 3 heterocycles. The zero-order chi connectivity index (χ0) is 20.6. The lowest BCUT2D eigenvalue weighted by atomic mass is 9.97. The van der Waals surface area contributed by atoms with Gasteiger partial charge in [-0.25, -0.2) is 9.78 Å². The summed E-state index contributed by atoms with van der Waals surface area (Å²) in [6, 6.07) is 2.95. The summed E-state index contributed by atoms with van der Waals surface area (Å²) in [5.74, 6) is 0.467. The Labute approximate surface area is 164 Å². The van der Waals surface area contributed by atoms with Crippen LogP contribution in [-0.2, 0) is 4.79 Å². The molecule has 0 radical (unpaired) electrons. The van der Waals surface area contributed by atoms with Gasteiger partial charge in [0.1, 0.15) is 18.0 Å². The molecule has 3 N–H and O–H groups in total. The summed E-state index contributed by atoms with van der Waals surface area (Å²) >= 11 is 0. The van der Waals surface area contributed by atoms with Crippen molar-refractivity contribution in [3.8, 4) is 0 Å². The number of hydrogen-bond acceptors (Lipinski definition) is 3. The second-order valence-electron chi connectivity index (χ2n) is 7.26. The third-order valence-corrected chi connectivity index (χ3v) is 5.01. The maximum atomic E-state index is 12.3. The largest absolute Gasteiger partial charge is 0.405 e. The number of anilines is 1. The molecule has 4 rings (SSSR count). The van der Waals surface area contributed by atoms with Gasteiger partial charge in [-0.1, -0.05) is 6.08 Å². The summed E-state index contributed by atoms with van der Waals surface area (Å²) in [7, 11) is 0. The lowest BCUT2D eigenvalue weighted by Crippen LogP contribution is -2.45. The lowest BCUT2D eigenvalue weighted by molar-refractivity contribution is -0.123. The van der Waals surface area contributed by atoms with E-state index in [2.05, 4.69) is 15.3 Å². The molecular weight excluding hydrogens is 387 g/mol. The highest BCUT2D eigenvalue weighted by Gasteiger charge is 2.31. The number of H-pyrrole nitrogens is 1. The molecule has 2 aromatic rings. The predicted molar refractivity (Wildman–Crippen MR) is 101 cm³/mol. The third kappa shape index (κ3) is 4.52. The van der Waals surface area contributed by atoms with Crippen molar-refractivity contribution in [3.05, 3.63) is 30.0 Å². The summed E-state index contributed by atoms with van der Waals surface area (Å²) in [6.45, 7) is -0.845. The van der Waals surface area contributed by atoms with E-state index in [1.54, 1.807) is 6.20 Å². The van der Waals surface area contributed by atoms with Gasteiger partial charge in [0.2, 0.25) is 5.91 Å². The van der Waals surface area contributed by atoms with Gasteiger partial charge in [-0.2, -0.15) is 13.2 Å². The Bertz CT molecular complexity index is 978. The molecule has 0 spiro atoms. The maximum absolute atomic E-state index is 12.3. The van der Waals surface area contributed by atoms with E-state index in [9.17, 15) is 22.8 Å². The number of aromatic amines is 1. The summed E-state index contributed by atoms with van der Waals surface area (Å²) in [5.41, 5.74) is 2.48. The van der Waals surface area contributed by atoms with Crippen molar-refractivity contribution in [1.29, 1.82) is 0 Å². The van der Waals surface area contributed by atoms with E-state index in [1.807, 2.05) is 23.5 Å². The fraction of sp³-hybridized carbons (Fsp3) is 0.421. The van der Waals surface area contributed by atoms with Gasteiger partial charge in [-0.15, -0.1) is 0 Å². The molecule has 1 aliphatic heterocycles. The molecule has 0 bridgehead atoms. The molecule has 1 aliphatic carbocycles. The van der Waals surface area contributed by atoms with Crippen molar-refractivity contribution in [3.63, 3.8) is 0 Å². The second-order valence-corrected chi connectivity index (χ2v) is 7.26. The van der Waals surface area contributed by atoms with Gasteiger partial charge in [0.25, 0.3) is 0 Å². The third-order valence-electron chi connectivity index (χ3n) is 5.01. The number of fused-ring (bicyclic) bond motifs is 1. The van der Waals surface area contributed by atoms with E-state index >= 15 is 0 Å². The standard InChI is InChI=1S/C19H20F3N5O2/c20-19(21,22)10-24-18(29)27-7-4-11(5-8-27)14-9-15(26-17(28)12-1-2-12)25-16-13(14)3-6-23-16/h3-4,6,9,12H,1-2,5,7-8,10H2,(H,24,29)(H2,23,25,26,28). The molecule has 7 nitrogen and oxygen atoms in total. The summed E-state index contributed by atoms with van der Waals surface area (Å²) < 4.78 is 36.8. The van der Waals surface area contributed by atoms with E-state index in [0.29, 0.717) is 24.4 Å². The van der Waals surface area contributed by atoms with Gasteiger partial charge in [-0.05, 0) is 42.5 Å². The molecule has 1 fully saturated rings. The zero-order valence-corrected chi connectivity index (χ0v) is 15.5.